The summed E-state index contributed by atoms with van der Waals surface area (Å²) in [6.45, 7) is 4.58. The number of nitrogens with zero attached hydrogens (tertiary/aromatic N) is 1. The minimum Gasteiger partial charge on any atom is -0.453 e. The van der Waals surface area contributed by atoms with Crippen LogP contribution in [0.2, 0.25) is 0 Å². The third kappa shape index (κ3) is 3.72. The van der Waals surface area contributed by atoms with Crippen LogP contribution in [0.4, 0.5) is 4.79 Å². The largest absolute Gasteiger partial charge is 0.453 e. The molecule has 102 valence electrons. The Balaban J connectivity index is 2.64. The lowest BCUT2D eigenvalue weighted by molar-refractivity contribution is -0.137. The third-order valence-corrected chi connectivity index (χ3v) is 3.02. The molecule has 0 aromatic rings. The number of carbonyl (C=O) groups excluding carboxylic acids is 3. The Morgan fingerprint density at radius 2 is 1.83 bits per heavy atom. The molecule has 1 atom stereocenters. The summed E-state index contributed by atoms with van der Waals surface area (Å²) < 4.78 is 4.51. The molecule has 0 aromatic heterocycles. The van der Waals surface area contributed by atoms with Gasteiger partial charge in [-0.25, -0.2) is 4.79 Å². The van der Waals surface area contributed by atoms with Crippen LogP contribution in [0.3, 0.4) is 0 Å². The standard InChI is InChI=1S/C12H20N2O4/c1-8(2)10(13-12(17)18-3)11(16)14-6-4-9(15)5-7-14/h8,10H,4-7H2,1-3H3,(H,13,17). The summed E-state index contributed by atoms with van der Waals surface area (Å²) in [7, 11) is 1.26. The first kappa shape index (κ1) is 14.5. The number of carbonyl (C=O) groups is 3. The highest BCUT2D eigenvalue weighted by molar-refractivity contribution is 5.88. The molecule has 1 aliphatic heterocycles. The summed E-state index contributed by atoms with van der Waals surface area (Å²) >= 11 is 0. The van der Waals surface area contributed by atoms with Crippen LogP contribution in [-0.2, 0) is 14.3 Å². The van der Waals surface area contributed by atoms with Gasteiger partial charge in [0.1, 0.15) is 11.8 Å². The minimum atomic E-state index is -0.616. The molecule has 18 heavy (non-hydrogen) atoms. The van der Waals surface area contributed by atoms with E-state index in [4.69, 9.17) is 0 Å². The molecule has 0 radical (unpaired) electrons. The van der Waals surface area contributed by atoms with Gasteiger partial charge in [-0.05, 0) is 5.92 Å². The molecule has 6 heteroatoms. The number of ether oxygens (including phenoxy) is 1. The summed E-state index contributed by atoms with van der Waals surface area (Å²) in [5.74, 6) is -0.00166. The Labute approximate surface area is 107 Å². The number of ketones is 1. The van der Waals surface area contributed by atoms with Crippen molar-refractivity contribution < 1.29 is 19.1 Å². The highest BCUT2D eigenvalue weighted by Gasteiger charge is 2.30. The van der Waals surface area contributed by atoms with Gasteiger partial charge >= 0.3 is 6.09 Å². The molecular formula is C12H20N2O4. The van der Waals surface area contributed by atoms with Crippen molar-refractivity contribution in [2.24, 2.45) is 5.92 Å². The maximum Gasteiger partial charge on any atom is 0.407 e. The van der Waals surface area contributed by atoms with E-state index in [2.05, 4.69) is 10.1 Å². The highest BCUT2D eigenvalue weighted by atomic mass is 16.5. The second-order valence-electron chi connectivity index (χ2n) is 4.72. The van der Waals surface area contributed by atoms with Gasteiger partial charge in [-0.1, -0.05) is 13.8 Å². The zero-order valence-corrected chi connectivity index (χ0v) is 11.1. The van der Waals surface area contributed by atoms with Gasteiger partial charge in [0.05, 0.1) is 7.11 Å². The molecule has 1 rings (SSSR count). The molecule has 1 N–H and O–H groups in total. The molecule has 0 spiro atoms. The number of hydrogen-bond acceptors (Lipinski definition) is 4. The Morgan fingerprint density at radius 3 is 2.28 bits per heavy atom. The molecule has 1 unspecified atom stereocenters. The quantitative estimate of drug-likeness (QED) is 0.800. The van der Waals surface area contributed by atoms with Gasteiger partial charge < -0.3 is 15.0 Å². The van der Waals surface area contributed by atoms with Crippen LogP contribution in [0.15, 0.2) is 0 Å². The van der Waals surface area contributed by atoms with Gasteiger partial charge in [0.25, 0.3) is 0 Å². The molecular weight excluding hydrogens is 236 g/mol. The van der Waals surface area contributed by atoms with Gasteiger partial charge in [0, 0.05) is 25.9 Å². The predicted molar refractivity (Wildman–Crippen MR) is 65.0 cm³/mol. The van der Waals surface area contributed by atoms with Crippen LogP contribution in [0.25, 0.3) is 0 Å². The average Bonchev–Trinajstić information content (AvgIpc) is 2.35. The fraction of sp³-hybridized carbons (Fsp3) is 0.750. The first-order valence-electron chi connectivity index (χ1n) is 6.10. The lowest BCUT2D eigenvalue weighted by Gasteiger charge is -2.31. The van der Waals surface area contributed by atoms with Crippen molar-refractivity contribution in [2.45, 2.75) is 32.7 Å². The number of alkyl carbamates (subject to hydrolysis) is 1. The Bertz CT molecular complexity index is 331. The van der Waals surface area contributed by atoms with Crippen LogP contribution in [-0.4, -0.2) is 48.9 Å². The second-order valence-corrected chi connectivity index (χ2v) is 4.72. The number of nitrogens with one attached hydrogen (secondary N) is 1. The number of likely N-dealkylation sites (tertiary alicyclic amines) is 1. The molecule has 0 saturated carbocycles. The van der Waals surface area contributed by atoms with Crippen molar-refractivity contribution in [3.63, 3.8) is 0 Å². The Hall–Kier alpha value is -1.59. The molecule has 0 aliphatic carbocycles. The van der Waals surface area contributed by atoms with E-state index in [0.717, 1.165) is 0 Å². The molecule has 1 fully saturated rings. The number of amides is 2. The van der Waals surface area contributed by atoms with Crippen LogP contribution in [0.5, 0.6) is 0 Å². The Kier molecular flexibility index (Phi) is 5.12. The monoisotopic (exact) mass is 256 g/mol. The van der Waals surface area contributed by atoms with Gasteiger partial charge in [-0.15, -0.1) is 0 Å². The number of piperidine rings is 1. The Morgan fingerprint density at radius 1 is 1.28 bits per heavy atom. The number of rotatable bonds is 3. The first-order chi connectivity index (χ1) is 8.45. The van der Waals surface area contributed by atoms with Crippen molar-refractivity contribution in [1.29, 1.82) is 0 Å². The summed E-state index contributed by atoms with van der Waals surface area (Å²) in [6.07, 6.45) is 0.180. The van der Waals surface area contributed by atoms with Gasteiger partial charge in [-0.3, -0.25) is 9.59 Å². The van der Waals surface area contributed by atoms with E-state index in [9.17, 15) is 14.4 Å². The van der Waals surface area contributed by atoms with E-state index in [0.29, 0.717) is 25.9 Å². The first-order valence-corrected chi connectivity index (χ1v) is 6.10. The molecule has 2 amide bonds. The fourth-order valence-electron chi connectivity index (χ4n) is 1.87. The van der Waals surface area contributed by atoms with Gasteiger partial charge in [0.15, 0.2) is 0 Å². The smallest absolute Gasteiger partial charge is 0.407 e. The number of Topliss-reactive ketones (excluding diaryl/α,β-unsaturated/α-hetero) is 1. The van der Waals surface area contributed by atoms with E-state index >= 15 is 0 Å². The van der Waals surface area contributed by atoms with Crippen LogP contribution >= 0.6 is 0 Å². The van der Waals surface area contributed by atoms with Crippen molar-refractivity contribution in [3.8, 4) is 0 Å². The molecule has 1 aliphatic rings. The molecule has 0 bridgehead atoms. The summed E-state index contributed by atoms with van der Waals surface area (Å²) in [4.78, 5) is 36.2. The van der Waals surface area contributed by atoms with Crippen LogP contribution in [0.1, 0.15) is 26.7 Å². The minimum absolute atomic E-state index is 0.0331. The molecule has 0 aromatic carbocycles. The van der Waals surface area contributed by atoms with Crippen molar-refractivity contribution in [3.05, 3.63) is 0 Å². The van der Waals surface area contributed by atoms with Crippen LogP contribution in [0, 0.1) is 5.92 Å². The topological polar surface area (TPSA) is 75.7 Å². The number of hydrogen-bond donors (Lipinski definition) is 1. The lowest BCUT2D eigenvalue weighted by atomic mass is 10.0. The normalized spacial score (nSPS) is 17.6. The van der Waals surface area contributed by atoms with Gasteiger partial charge in [-0.2, -0.15) is 0 Å². The summed E-state index contributed by atoms with van der Waals surface area (Å²) in [5.41, 5.74) is 0. The second kappa shape index (κ2) is 6.37. The maximum atomic E-state index is 12.2. The predicted octanol–water partition coefficient (Wildman–Crippen LogP) is 0.558. The van der Waals surface area contributed by atoms with E-state index in [1.807, 2.05) is 13.8 Å². The van der Waals surface area contributed by atoms with Crippen molar-refractivity contribution >= 4 is 17.8 Å². The van der Waals surface area contributed by atoms with Crippen molar-refractivity contribution in [1.82, 2.24) is 10.2 Å². The summed E-state index contributed by atoms with van der Waals surface area (Å²) in [6, 6.07) is -0.606. The number of methoxy groups -OCH3 is 1. The lowest BCUT2D eigenvalue weighted by Crippen LogP contribution is -2.53. The maximum absolute atomic E-state index is 12.2. The molecule has 1 saturated heterocycles. The zero-order chi connectivity index (χ0) is 13.7. The molecule has 1 heterocycles. The highest BCUT2D eigenvalue weighted by Crippen LogP contribution is 2.11. The van der Waals surface area contributed by atoms with E-state index < -0.39 is 12.1 Å². The van der Waals surface area contributed by atoms with Gasteiger partial charge in [0.2, 0.25) is 5.91 Å². The van der Waals surface area contributed by atoms with E-state index in [1.54, 1.807) is 4.90 Å². The van der Waals surface area contributed by atoms with Crippen LogP contribution < -0.4 is 5.32 Å². The average molecular weight is 256 g/mol. The van der Waals surface area contributed by atoms with Crippen molar-refractivity contribution in [2.75, 3.05) is 20.2 Å². The third-order valence-electron chi connectivity index (χ3n) is 3.02. The fourth-order valence-corrected chi connectivity index (χ4v) is 1.87. The zero-order valence-electron chi connectivity index (χ0n) is 11.1. The van der Waals surface area contributed by atoms with E-state index in [-0.39, 0.29) is 17.6 Å². The summed E-state index contributed by atoms with van der Waals surface area (Å²) in [5, 5.41) is 2.54. The van der Waals surface area contributed by atoms with E-state index in [1.165, 1.54) is 7.11 Å². The molecule has 6 nitrogen and oxygen atoms in total. The SMILES string of the molecule is COC(=O)NC(C(=O)N1CCC(=O)CC1)C(C)C.